The zero-order valence-electron chi connectivity index (χ0n) is 12.8. The van der Waals surface area contributed by atoms with Gasteiger partial charge in [-0.05, 0) is 12.8 Å². The molecular weight excluding hydrogens is 304 g/mol. The quantitative estimate of drug-likeness (QED) is 0.751. The Hall–Kier alpha value is -1.32. The fourth-order valence-corrected chi connectivity index (χ4v) is 2.93. The number of carbonyl (C=O) groups excluding carboxylic acids is 1. The van der Waals surface area contributed by atoms with Crippen LogP contribution in [-0.4, -0.2) is 69.5 Å². The van der Waals surface area contributed by atoms with Crippen LogP contribution in [0.4, 0.5) is 0 Å². The zero-order chi connectivity index (χ0) is 16.2. The molecule has 128 valence electrons. The zero-order valence-corrected chi connectivity index (χ0v) is 12.8. The molecule has 0 aliphatic carbocycles. The molecule has 1 aromatic rings. The summed E-state index contributed by atoms with van der Waals surface area (Å²) in [6.45, 7) is 1.07. The number of aromatic nitrogens is 2. The van der Waals surface area contributed by atoms with E-state index in [0.29, 0.717) is 26.1 Å². The normalized spacial score (nSPS) is 34.6. The number of nitrogens with zero attached hydrogens (tertiary/aromatic N) is 2. The van der Waals surface area contributed by atoms with E-state index in [-0.39, 0.29) is 18.7 Å². The molecule has 4 heterocycles. The highest BCUT2D eigenvalue weighted by molar-refractivity contribution is 5.78. The van der Waals surface area contributed by atoms with Gasteiger partial charge in [0.1, 0.15) is 18.3 Å². The van der Waals surface area contributed by atoms with E-state index in [1.165, 1.54) is 0 Å². The molecule has 4 rings (SSSR count). The molecule has 2 bridgehead atoms. The van der Waals surface area contributed by atoms with Gasteiger partial charge >= 0.3 is 0 Å². The van der Waals surface area contributed by atoms with Gasteiger partial charge in [-0.2, -0.15) is 0 Å². The molecule has 0 radical (unpaired) electrons. The lowest BCUT2D eigenvalue weighted by Gasteiger charge is -2.41. The van der Waals surface area contributed by atoms with Crippen molar-refractivity contribution in [2.24, 2.45) is 0 Å². The Kier molecular flexibility index (Phi) is 5.39. The summed E-state index contributed by atoms with van der Waals surface area (Å²) in [7, 11) is 0. The summed E-state index contributed by atoms with van der Waals surface area (Å²) in [6.07, 6.45) is 2.07. The van der Waals surface area contributed by atoms with E-state index < -0.39 is 30.7 Å². The number of fused-ring (bicyclic) bond motifs is 6. The molecule has 3 aliphatic heterocycles. The van der Waals surface area contributed by atoms with Crippen molar-refractivity contribution in [2.75, 3.05) is 13.2 Å². The van der Waals surface area contributed by atoms with Gasteiger partial charge in [-0.1, -0.05) is 0 Å². The second-order valence-corrected chi connectivity index (χ2v) is 5.90. The number of aliphatic hydroxyl groups is 2. The Labute approximate surface area is 134 Å². The first-order chi connectivity index (χ1) is 11.1. The fraction of sp³-hybridized carbons (Fsp3) is 0.733. The number of Topliss-reactive ketones (excluding diaryl/α,β-unsaturated/α-hetero) is 1. The lowest BCUT2D eigenvalue weighted by Crippen LogP contribution is -2.58. The topological polar surface area (TPSA) is 103 Å². The lowest BCUT2D eigenvalue weighted by atomic mass is 9.95. The number of hydrogen-bond donors (Lipinski definition) is 2. The van der Waals surface area contributed by atoms with E-state index in [0.717, 1.165) is 0 Å². The molecule has 0 spiro atoms. The second-order valence-electron chi connectivity index (χ2n) is 5.90. The fourth-order valence-electron chi connectivity index (χ4n) is 2.93. The van der Waals surface area contributed by atoms with E-state index in [2.05, 4.69) is 4.98 Å². The highest BCUT2D eigenvalue weighted by Gasteiger charge is 2.46. The molecule has 3 saturated heterocycles. The summed E-state index contributed by atoms with van der Waals surface area (Å²) in [6, 6.07) is 0. The molecule has 0 aromatic carbocycles. The standard InChI is InChI=1S/C15H22N2O6/c18-10(8-17-5-4-16-9-17)2-3-11-14-12(19)13(20)15(23-11)22-7-1-6-21-14/h4-5,9,11-15,19-20H,1-3,6-8H2. The van der Waals surface area contributed by atoms with E-state index >= 15 is 0 Å². The number of carbonyl (C=O) groups is 1. The molecule has 0 amide bonds. The van der Waals surface area contributed by atoms with Gasteiger partial charge in [0.25, 0.3) is 0 Å². The Morgan fingerprint density at radius 3 is 2.87 bits per heavy atom. The van der Waals surface area contributed by atoms with Crippen molar-refractivity contribution in [3.63, 3.8) is 0 Å². The molecule has 3 fully saturated rings. The summed E-state index contributed by atoms with van der Waals surface area (Å²) in [5, 5.41) is 20.2. The third-order valence-electron chi connectivity index (χ3n) is 4.15. The van der Waals surface area contributed by atoms with Gasteiger partial charge in [0.15, 0.2) is 12.1 Å². The van der Waals surface area contributed by atoms with Gasteiger partial charge in [-0.3, -0.25) is 4.79 Å². The largest absolute Gasteiger partial charge is 0.387 e. The molecule has 8 heteroatoms. The molecule has 3 aliphatic rings. The van der Waals surface area contributed by atoms with Gasteiger partial charge in [0.05, 0.1) is 25.6 Å². The molecule has 0 saturated carbocycles. The average molecular weight is 326 g/mol. The Bertz CT molecular complexity index is 506. The van der Waals surface area contributed by atoms with Gasteiger partial charge < -0.3 is 29.0 Å². The smallest absolute Gasteiger partial charge is 0.186 e. The van der Waals surface area contributed by atoms with Gasteiger partial charge in [-0.15, -0.1) is 0 Å². The van der Waals surface area contributed by atoms with Crippen molar-refractivity contribution in [1.29, 1.82) is 0 Å². The average Bonchev–Trinajstić information content (AvgIpc) is 3.07. The lowest BCUT2D eigenvalue weighted by molar-refractivity contribution is -0.295. The van der Waals surface area contributed by atoms with Crippen molar-refractivity contribution in [3.8, 4) is 0 Å². The summed E-state index contributed by atoms with van der Waals surface area (Å²) in [5.41, 5.74) is 0. The molecular formula is C15H22N2O6. The maximum atomic E-state index is 12.0. The maximum absolute atomic E-state index is 12.0. The molecule has 8 nitrogen and oxygen atoms in total. The molecule has 5 atom stereocenters. The number of ether oxygens (including phenoxy) is 3. The highest BCUT2D eigenvalue weighted by Crippen LogP contribution is 2.28. The van der Waals surface area contributed by atoms with Crippen LogP contribution >= 0.6 is 0 Å². The highest BCUT2D eigenvalue weighted by atomic mass is 16.7. The number of hydrogen-bond acceptors (Lipinski definition) is 7. The Morgan fingerprint density at radius 1 is 1.26 bits per heavy atom. The van der Waals surface area contributed by atoms with E-state index in [1.54, 1.807) is 23.3 Å². The first kappa shape index (κ1) is 16.5. The summed E-state index contributed by atoms with van der Waals surface area (Å²) in [5.74, 6) is 0.0401. The Morgan fingerprint density at radius 2 is 2.09 bits per heavy atom. The second kappa shape index (κ2) is 7.50. The van der Waals surface area contributed by atoms with Gasteiger partial charge in [0.2, 0.25) is 0 Å². The molecule has 1 aromatic heterocycles. The van der Waals surface area contributed by atoms with Gasteiger partial charge in [0, 0.05) is 25.4 Å². The van der Waals surface area contributed by atoms with Crippen LogP contribution in [0.2, 0.25) is 0 Å². The molecule has 5 unspecified atom stereocenters. The SMILES string of the molecule is O=C(CCC1OC2OCCCOC1C(O)C2O)Cn1ccnc1. The van der Waals surface area contributed by atoms with Crippen LogP contribution in [0.25, 0.3) is 0 Å². The number of imidazole rings is 1. The van der Waals surface area contributed by atoms with Crippen molar-refractivity contribution in [2.45, 2.75) is 56.5 Å². The van der Waals surface area contributed by atoms with Crippen molar-refractivity contribution < 1.29 is 29.2 Å². The van der Waals surface area contributed by atoms with Crippen LogP contribution in [0, 0.1) is 0 Å². The van der Waals surface area contributed by atoms with Crippen molar-refractivity contribution >= 4 is 5.78 Å². The molecule has 23 heavy (non-hydrogen) atoms. The van der Waals surface area contributed by atoms with Crippen LogP contribution < -0.4 is 0 Å². The van der Waals surface area contributed by atoms with E-state index in [1.807, 2.05) is 0 Å². The maximum Gasteiger partial charge on any atom is 0.186 e. The summed E-state index contributed by atoms with van der Waals surface area (Å²) in [4.78, 5) is 15.9. The van der Waals surface area contributed by atoms with Crippen LogP contribution in [0.15, 0.2) is 18.7 Å². The first-order valence-corrected chi connectivity index (χ1v) is 7.87. The molecule has 2 N–H and O–H groups in total. The van der Waals surface area contributed by atoms with Crippen LogP contribution in [0.5, 0.6) is 0 Å². The van der Waals surface area contributed by atoms with E-state index in [4.69, 9.17) is 14.2 Å². The van der Waals surface area contributed by atoms with Crippen LogP contribution in [-0.2, 0) is 25.5 Å². The monoisotopic (exact) mass is 326 g/mol. The minimum absolute atomic E-state index is 0.0401. The minimum atomic E-state index is -1.14. The number of rotatable bonds is 5. The predicted molar refractivity (Wildman–Crippen MR) is 77.5 cm³/mol. The van der Waals surface area contributed by atoms with Crippen molar-refractivity contribution in [3.05, 3.63) is 18.7 Å². The van der Waals surface area contributed by atoms with Crippen LogP contribution in [0.1, 0.15) is 19.3 Å². The third kappa shape index (κ3) is 3.96. The third-order valence-corrected chi connectivity index (χ3v) is 4.15. The van der Waals surface area contributed by atoms with Gasteiger partial charge in [-0.25, -0.2) is 4.98 Å². The van der Waals surface area contributed by atoms with Crippen molar-refractivity contribution in [1.82, 2.24) is 9.55 Å². The first-order valence-electron chi connectivity index (χ1n) is 7.87. The predicted octanol–water partition coefficient (Wildman–Crippen LogP) is -0.515. The number of ketones is 1. The Balaban J connectivity index is 1.58. The summed E-state index contributed by atoms with van der Waals surface area (Å²) >= 11 is 0. The van der Waals surface area contributed by atoms with Crippen LogP contribution in [0.3, 0.4) is 0 Å². The number of aliphatic hydroxyl groups excluding tert-OH is 2. The minimum Gasteiger partial charge on any atom is -0.387 e. The van der Waals surface area contributed by atoms with E-state index in [9.17, 15) is 15.0 Å². The summed E-state index contributed by atoms with van der Waals surface area (Å²) < 4.78 is 18.5.